The van der Waals surface area contributed by atoms with Crippen molar-refractivity contribution in [3.63, 3.8) is 0 Å². The lowest BCUT2D eigenvalue weighted by Gasteiger charge is -2.32. The molecule has 20 heavy (non-hydrogen) atoms. The van der Waals surface area contributed by atoms with Crippen LogP contribution in [0.25, 0.3) is 0 Å². The van der Waals surface area contributed by atoms with E-state index < -0.39 is 6.04 Å². The molecule has 3 N–H and O–H groups in total. The number of piperidine rings is 1. The molecule has 2 amide bonds. The highest BCUT2D eigenvalue weighted by atomic mass is 35.5. The molecule has 6 nitrogen and oxygen atoms in total. The summed E-state index contributed by atoms with van der Waals surface area (Å²) in [6.07, 6.45) is 4.63. The van der Waals surface area contributed by atoms with Crippen molar-refractivity contribution in [1.82, 2.24) is 10.2 Å². The van der Waals surface area contributed by atoms with E-state index in [0.717, 1.165) is 12.8 Å². The predicted molar refractivity (Wildman–Crippen MR) is 76.7 cm³/mol. The summed E-state index contributed by atoms with van der Waals surface area (Å²) < 4.78 is 4.84. The first-order chi connectivity index (χ1) is 9.08. The lowest BCUT2D eigenvalue weighted by atomic mass is 10.1. The largest absolute Gasteiger partial charge is 0.472 e. The van der Waals surface area contributed by atoms with Crippen molar-refractivity contribution in [3.8, 4) is 0 Å². The van der Waals surface area contributed by atoms with Gasteiger partial charge in [0.1, 0.15) is 12.3 Å². The number of likely N-dealkylation sites (tertiary alicyclic amines) is 1. The van der Waals surface area contributed by atoms with Crippen LogP contribution in [0, 0.1) is 0 Å². The second kappa shape index (κ2) is 7.31. The molecule has 0 spiro atoms. The van der Waals surface area contributed by atoms with E-state index in [1.54, 1.807) is 17.9 Å². The molecule has 1 aliphatic heterocycles. The molecule has 2 atom stereocenters. The predicted octanol–water partition coefficient (Wildman–Crippen LogP) is 0.769. The van der Waals surface area contributed by atoms with Crippen LogP contribution in [-0.2, 0) is 4.79 Å². The number of hydrogen-bond acceptors (Lipinski definition) is 4. The second-order valence-corrected chi connectivity index (χ2v) is 4.89. The van der Waals surface area contributed by atoms with Gasteiger partial charge in [-0.1, -0.05) is 0 Å². The zero-order valence-electron chi connectivity index (χ0n) is 11.4. The minimum atomic E-state index is -0.562. The molecule has 2 rings (SSSR count). The molecule has 0 radical (unpaired) electrons. The zero-order chi connectivity index (χ0) is 13.8. The van der Waals surface area contributed by atoms with E-state index in [0.29, 0.717) is 18.7 Å². The molecule has 1 aromatic heterocycles. The number of hydrogen-bond donors (Lipinski definition) is 2. The van der Waals surface area contributed by atoms with Gasteiger partial charge in [0.15, 0.2) is 0 Å². The number of halogens is 1. The first kappa shape index (κ1) is 16.5. The lowest BCUT2D eigenvalue weighted by Crippen LogP contribution is -2.52. The molecular formula is C13H20ClN3O3. The van der Waals surface area contributed by atoms with Crippen molar-refractivity contribution in [3.05, 3.63) is 24.2 Å². The van der Waals surface area contributed by atoms with Crippen LogP contribution in [0.2, 0.25) is 0 Å². The first-order valence-electron chi connectivity index (χ1n) is 6.45. The van der Waals surface area contributed by atoms with Crippen molar-refractivity contribution in [1.29, 1.82) is 0 Å². The Morgan fingerprint density at radius 2 is 2.30 bits per heavy atom. The van der Waals surface area contributed by atoms with Crippen LogP contribution in [0.3, 0.4) is 0 Å². The number of carbonyl (C=O) groups excluding carboxylic acids is 2. The highest BCUT2D eigenvalue weighted by molar-refractivity contribution is 5.97. The Balaban J connectivity index is 0.00000200. The van der Waals surface area contributed by atoms with Crippen LogP contribution in [0.5, 0.6) is 0 Å². The Kier molecular flexibility index (Phi) is 6.04. The van der Waals surface area contributed by atoms with Gasteiger partial charge < -0.3 is 20.4 Å². The number of furan rings is 1. The minimum absolute atomic E-state index is 0. The fourth-order valence-corrected chi connectivity index (χ4v) is 2.22. The summed E-state index contributed by atoms with van der Waals surface area (Å²) in [5.74, 6) is -0.400. The van der Waals surface area contributed by atoms with Gasteiger partial charge in [-0.2, -0.15) is 0 Å². The maximum Gasteiger partial charge on any atom is 0.255 e. The molecule has 0 bridgehead atoms. The summed E-state index contributed by atoms with van der Waals surface area (Å²) in [4.78, 5) is 25.7. The Hall–Kier alpha value is -1.53. The van der Waals surface area contributed by atoms with E-state index in [9.17, 15) is 9.59 Å². The van der Waals surface area contributed by atoms with Crippen molar-refractivity contribution in [2.45, 2.75) is 31.8 Å². The number of rotatable bonds is 3. The van der Waals surface area contributed by atoms with Crippen molar-refractivity contribution in [2.24, 2.45) is 5.73 Å². The number of nitrogens with two attached hydrogens (primary N) is 1. The Morgan fingerprint density at radius 3 is 2.90 bits per heavy atom. The van der Waals surface area contributed by atoms with E-state index in [4.69, 9.17) is 10.2 Å². The van der Waals surface area contributed by atoms with Crippen LogP contribution in [-0.4, -0.2) is 41.9 Å². The van der Waals surface area contributed by atoms with Crippen LogP contribution in [0.4, 0.5) is 0 Å². The average molecular weight is 302 g/mol. The van der Waals surface area contributed by atoms with Gasteiger partial charge in [0.05, 0.1) is 11.8 Å². The number of carbonyl (C=O) groups is 2. The topological polar surface area (TPSA) is 88.6 Å². The monoisotopic (exact) mass is 301 g/mol. The van der Waals surface area contributed by atoms with Crippen LogP contribution >= 0.6 is 12.4 Å². The molecule has 1 aliphatic rings. The average Bonchev–Trinajstić information content (AvgIpc) is 2.91. The van der Waals surface area contributed by atoms with E-state index in [2.05, 4.69) is 5.32 Å². The van der Waals surface area contributed by atoms with Crippen LogP contribution < -0.4 is 11.1 Å². The summed E-state index contributed by atoms with van der Waals surface area (Å²) in [6, 6.07) is 1.03. The first-order valence-corrected chi connectivity index (χ1v) is 6.45. The molecule has 7 heteroatoms. The number of nitrogens with one attached hydrogen (secondary N) is 1. The van der Waals surface area contributed by atoms with Gasteiger partial charge in [-0.3, -0.25) is 9.59 Å². The van der Waals surface area contributed by atoms with E-state index in [-0.39, 0.29) is 30.3 Å². The summed E-state index contributed by atoms with van der Waals surface area (Å²) in [5.41, 5.74) is 6.26. The van der Waals surface area contributed by atoms with Crippen molar-refractivity contribution < 1.29 is 14.0 Å². The standard InChI is InChI=1S/C13H19N3O3.ClH/c1-9(15-12(17)10-4-6-19-8-10)13(18)16-5-2-3-11(14)7-16;/h4,6,8-9,11H,2-3,5,7,14H2,1H3,(H,15,17);1H. The Labute approximate surface area is 124 Å². The van der Waals surface area contributed by atoms with Gasteiger partial charge in [-0.05, 0) is 25.8 Å². The fourth-order valence-electron chi connectivity index (χ4n) is 2.22. The Morgan fingerprint density at radius 1 is 1.55 bits per heavy atom. The third kappa shape index (κ3) is 3.98. The third-order valence-corrected chi connectivity index (χ3v) is 3.27. The van der Waals surface area contributed by atoms with E-state index in [1.807, 2.05) is 0 Å². The van der Waals surface area contributed by atoms with Gasteiger partial charge in [-0.25, -0.2) is 0 Å². The highest BCUT2D eigenvalue weighted by Crippen LogP contribution is 2.10. The number of amides is 2. The second-order valence-electron chi connectivity index (χ2n) is 4.89. The third-order valence-electron chi connectivity index (χ3n) is 3.27. The molecule has 2 unspecified atom stereocenters. The van der Waals surface area contributed by atoms with Crippen LogP contribution in [0.1, 0.15) is 30.1 Å². The highest BCUT2D eigenvalue weighted by Gasteiger charge is 2.26. The number of nitrogens with zero attached hydrogens (tertiary/aromatic N) is 1. The smallest absolute Gasteiger partial charge is 0.255 e. The quantitative estimate of drug-likeness (QED) is 0.863. The summed E-state index contributed by atoms with van der Waals surface area (Å²) in [5, 5.41) is 2.66. The van der Waals surface area contributed by atoms with E-state index >= 15 is 0 Å². The maximum atomic E-state index is 12.2. The van der Waals surface area contributed by atoms with Gasteiger partial charge in [0.2, 0.25) is 5.91 Å². The SMILES string of the molecule is CC(NC(=O)c1ccoc1)C(=O)N1CCCC(N)C1.Cl. The fraction of sp³-hybridized carbons (Fsp3) is 0.538. The molecule has 112 valence electrons. The van der Waals surface area contributed by atoms with Gasteiger partial charge in [0.25, 0.3) is 5.91 Å². The molecule has 2 heterocycles. The summed E-state index contributed by atoms with van der Waals surface area (Å²) >= 11 is 0. The van der Waals surface area contributed by atoms with E-state index in [1.165, 1.54) is 12.5 Å². The summed E-state index contributed by atoms with van der Waals surface area (Å²) in [6.45, 7) is 2.95. The van der Waals surface area contributed by atoms with Crippen LogP contribution in [0.15, 0.2) is 23.0 Å². The molecule has 1 fully saturated rings. The zero-order valence-corrected chi connectivity index (χ0v) is 12.2. The normalized spacial score (nSPS) is 19.9. The van der Waals surface area contributed by atoms with Gasteiger partial charge >= 0.3 is 0 Å². The minimum Gasteiger partial charge on any atom is -0.472 e. The Bertz CT molecular complexity index is 450. The molecule has 0 aliphatic carbocycles. The molecule has 1 aromatic rings. The molecular weight excluding hydrogens is 282 g/mol. The van der Waals surface area contributed by atoms with Crippen molar-refractivity contribution >= 4 is 24.2 Å². The maximum absolute atomic E-state index is 12.2. The summed E-state index contributed by atoms with van der Waals surface area (Å²) in [7, 11) is 0. The van der Waals surface area contributed by atoms with Gasteiger partial charge in [-0.15, -0.1) is 12.4 Å². The van der Waals surface area contributed by atoms with Crippen molar-refractivity contribution in [2.75, 3.05) is 13.1 Å². The lowest BCUT2D eigenvalue weighted by molar-refractivity contribution is -0.134. The molecule has 1 saturated heterocycles. The molecule has 0 saturated carbocycles. The molecule has 0 aromatic carbocycles. The van der Waals surface area contributed by atoms with Gasteiger partial charge in [0, 0.05) is 19.1 Å².